The van der Waals surface area contributed by atoms with Crippen LogP contribution in [0, 0.1) is 22.2 Å². The van der Waals surface area contributed by atoms with Gasteiger partial charge in [0.25, 0.3) is 0 Å². The molecule has 21 heavy (non-hydrogen) atoms. The van der Waals surface area contributed by atoms with E-state index in [0.717, 1.165) is 5.92 Å². The molecule has 2 nitrogen and oxygen atoms in total. The molecule has 0 bridgehead atoms. The largest absolute Gasteiger partial charge is 0.497 e. The quantitative estimate of drug-likeness (QED) is 0.424. The standard InChI is InChI=1S/C19H30O2/c1-6-11-21-12-14-7-8-15-17(2,3)13-18(4)10-9-16(20-5)19(14,15)18/h6,12,15-16H,1,7-11,13H2,2-5H3/t15-,16+,18+,19?/m1/s1. The Morgan fingerprint density at radius 3 is 2.71 bits per heavy atom. The lowest BCUT2D eigenvalue weighted by Crippen LogP contribution is -2.43. The zero-order valence-corrected chi connectivity index (χ0v) is 14.1. The maximum atomic E-state index is 6.01. The van der Waals surface area contributed by atoms with Gasteiger partial charge in [-0.25, -0.2) is 0 Å². The minimum atomic E-state index is 0.201. The van der Waals surface area contributed by atoms with Crippen molar-refractivity contribution in [1.82, 2.24) is 0 Å². The van der Waals surface area contributed by atoms with E-state index < -0.39 is 0 Å². The molecule has 4 atom stereocenters. The minimum absolute atomic E-state index is 0.201. The van der Waals surface area contributed by atoms with Gasteiger partial charge in [-0.1, -0.05) is 33.4 Å². The van der Waals surface area contributed by atoms with Crippen molar-refractivity contribution >= 4 is 0 Å². The highest BCUT2D eigenvalue weighted by Gasteiger charge is 2.73. The zero-order chi connectivity index (χ0) is 15.3. The first kappa shape index (κ1) is 15.1. The van der Waals surface area contributed by atoms with Crippen molar-refractivity contribution in [3.05, 3.63) is 24.5 Å². The highest BCUT2D eigenvalue weighted by Crippen LogP contribution is 2.77. The van der Waals surface area contributed by atoms with Crippen LogP contribution >= 0.6 is 0 Å². The fraction of sp³-hybridized carbons (Fsp3) is 0.789. The van der Waals surface area contributed by atoms with Crippen molar-refractivity contribution in [2.45, 2.75) is 59.0 Å². The first-order valence-electron chi connectivity index (χ1n) is 8.37. The number of rotatable bonds is 4. The third-order valence-electron chi connectivity index (χ3n) is 6.76. The monoisotopic (exact) mass is 290 g/mol. The topological polar surface area (TPSA) is 18.5 Å². The van der Waals surface area contributed by atoms with E-state index in [-0.39, 0.29) is 5.41 Å². The molecule has 0 aromatic carbocycles. The number of hydrogen-bond donors (Lipinski definition) is 0. The molecule has 0 aromatic heterocycles. The predicted octanol–water partition coefficient (Wildman–Crippen LogP) is 4.71. The fourth-order valence-corrected chi connectivity index (χ4v) is 6.52. The van der Waals surface area contributed by atoms with E-state index in [1.165, 1.54) is 37.7 Å². The van der Waals surface area contributed by atoms with Gasteiger partial charge < -0.3 is 9.47 Å². The Morgan fingerprint density at radius 2 is 2.05 bits per heavy atom. The van der Waals surface area contributed by atoms with E-state index >= 15 is 0 Å². The summed E-state index contributed by atoms with van der Waals surface area (Å²) in [4.78, 5) is 0. The minimum Gasteiger partial charge on any atom is -0.497 e. The number of methoxy groups -OCH3 is 1. The molecule has 1 spiro atoms. The van der Waals surface area contributed by atoms with Crippen LogP contribution in [0.4, 0.5) is 0 Å². The second-order valence-electron chi connectivity index (χ2n) is 8.21. The first-order valence-corrected chi connectivity index (χ1v) is 8.37. The van der Waals surface area contributed by atoms with Crippen LogP contribution in [0.5, 0.6) is 0 Å². The Hall–Kier alpha value is -0.760. The Balaban J connectivity index is 2.07. The van der Waals surface area contributed by atoms with E-state index in [4.69, 9.17) is 9.47 Å². The van der Waals surface area contributed by atoms with Gasteiger partial charge in [0, 0.05) is 12.5 Å². The molecule has 0 amide bonds. The highest BCUT2D eigenvalue weighted by molar-refractivity contribution is 5.35. The molecule has 3 rings (SSSR count). The van der Waals surface area contributed by atoms with Crippen LogP contribution in [0.1, 0.15) is 52.9 Å². The molecular formula is C19H30O2. The molecule has 0 aliphatic heterocycles. The fourth-order valence-electron chi connectivity index (χ4n) is 6.52. The third kappa shape index (κ3) is 1.81. The van der Waals surface area contributed by atoms with Crippen LogP contribution in [0.3, 0.4) is 0 Å². The maximum absolute atomic E-state index is 6.01. The Morgan fingerprint density at radius 1 is 1.29 bits per heavy atom. The molecule has 3 aliphatic rings. The van der Waals surface area contributed by atoms with Crippen molar-refractivity contribution in [2.75, 3.05) is 13.7 Å². The predicted molar refractivity (Wildman–Crippen MR) is 85.9 cm³/mol. The summed E-state index contributed by atoms with van der Waals surface area (Å²) >= 11 is 0. The van der Waals surface area contributed by atoms with E-state index in [9.17, 15) is 0 Å². The normalized spacial score (nSPS) is 45.6. The average Bonchev–Trinajstić information content (AvgIpc) is 2.97. The summed E-state index contributed by atoms with van der Waals surface area (Å²) in [6, 6.07) is 0. The summed E-state index contributed by atoms with van der Waals surface area (Å²) in [5.74, 6) is 0.723. The van der Waals surface area contributed by atoms with Crippen molar-refractivity contribution in [3.8, 4) is 0 Å². The number of ether oxygens (including phenoxy) is 2. The van der Waals surface area contributed by atoms with Crippen LogP contribution in [0.25, 0.3) is 0 Å². The molecular weight excluding hydrogens is 260 g/mol. The van der Waals surface area contributed by atoms with Gasteiger partial charge in [0.05, 0.1) is 12.4 Å². The lowest BCUT2D eigenvalue weighted by atomic mass is 9.63. The number of hydrogen-bond acceptors (Lipinski definition) is 2. The smallest absolute Gasteiger partial charge is 0.105 e. The molecule has 118 valence electrons. The second-order valence-corrected chi connectivity index (χ2v) is 8.21. The van der Waals surface area contributed by atoms with Crippen LogP contribution < -0.4 is 0 Å². The summed E-state index contributed by atoms with van der Waals surface area (Å²) in [5, 5.41) is 0. The Kier molecular flexibility index (Phi) is 3.52. The van der Waals surface area contributed by atoms with Crippen LogP contribution in [-0.2, 0) is 9.47 Å². The molecule has 0 aromatic rings. The molecule has 0 N–H and O–H groups in total. The highest BCUT2D eigenvalue weighted by atomic mass is 16.5. The SMILES string of the molecule is C=CCOC=C1CC[C@@H]2C(C)(C)C[C@]3(C)CC[C@H](OC)C123. The van der Waals surface area contributed by atoms with Gasteiger partial charge in [-0.2, -0.15) is 0 Å². The molecule has 0 saturated heterocycles. The van der Waals surface area contributed by atoms with Crippen molar-refractivity contribution in [1.29, 1.82) is 0 Å². The van der Waals surface area contributed by atoms with Gasteiger partial charge in [0.1, 0.15) is 6.61 Å². The van der Waals surface area contributed by atoms with E-state index in [2.05, 4.69) is 33.6 Å². The molecule has 3 fully saturated rings. The molecule has 1 unspecified atom stereocenters. The Labute approximate surface area is 129 Å². The van der Waals surface area contributed by atoms with Gasteiger partial charge in [-0.3, -0.25) is 0 Å². The first-order chi connectivity index (χ1) is 9.92. The van der Waals surface area contributed by atoms with Crippen LogP contribution in [-0.4, -0.2) is 19.8 Å². The van der Waals surface area contributed by atoms with E-state index in [0.29, 0.717) is 23.5 Å². The molecule has 2 heteroatoms. The van der Waals surface area contributed by atoms with Crippen molar-refractivity contribution in [2.24, 2.45) is 22.2 Å². The van der Waals surface area contributed by atoms with Gasteiger partial charge in [-0.05, 0) is 54.4 Å². The third-order valence-corrected chi connectivity index (χ3v) is 6.76. The van der Waals surface area contributed by atoms with Gasteiger partial charge >= 0.3 is 0 Å². The Bertz CT molecular complexity index is 464. The molecule has 3 saturated carbocycles. The summed E-state index contributed by atoms with van der Waals surface area (Å²) in [6.45, 7) is 11.8. The summed E-state index contributed by atoms with van der Waals surface area (Å²) in [5.41, 5.74) is 2.47. The van der Waals surface area contributed by atoms with E-state index in [1.807, 2.05) is 13.2 Å². The summed E-state index contributed by atoms with van der Waals surface area (Å²) in [7, 11) is 1.90. The van der Waals surface area contributed by atoms with Gasteiger partial charge in [0.15, 0.2) is 0 Å². The lowest BCUT2D eigenvalue weighted by Gasteiger charge is -2.43. The lowest BCUT2D eigenvalue weighted by molar-refractivity contribution is -0.0251. The van der Waals surface area contributed by atoms with Crippen LogP contribution in [0.2, 0.25) is 0 Å². The summed E-state index contributed by atoms with van der Waals surface area (Å²) in [6.07, 6.45) is 10.5. The van der Waals surface area contributed by atoms with Crippen LogP contribution in [0.15, 0.2) is 24.5 Å². The average molecular weight is 290 g/mol. The van der Waals surface area contributed by atoms with Crippen molar-refractivity contribution in [3.63, 3.8) is 0 Å². The van der Waals surface area contributed by atoms with Gasteiger partial charge in [0.2, 0.25) is 0 Å². The maximum Gasteiger partial charge on any atom is 0.105 e. The zero-order valence-electron chi connectivity index (χ0n) is 14.1. The molecule has 0 radical (unpaired) electrons. The van der Waals surface area contributed by atoms with E-state index in [1.54, 1.807) is 0 Å². The van der Waals surface area contributed by atoms with Crippen molar-refractivity contribution < 1.29 is 9.47 Å². The molecule has 0 heterocycles. The second kappa shape index (κ2) is 4.87. The summed E-state index contributed by atoms with van der Waals surface area (Å²) < 4.78 is 11.8. The van der Waals surface area contributed by atoms with Gasteiger partial charge in [-0.15, -0.1) is 0 Å². The molecule has 3 aliphatic carbocycles.